The fourth-order valence-corrected chi connectivity index (χ4v) is 3.85. The number of ether oxygens (including phenoxy) is 1. The lowest BCUT2D eigenvalue weighted by Crippen LogP contribution is -2.41. The molecule has 3 rings (SSSR count). The van der Waals surface area contributed by atoms with Gasteiger partial charge in [-0.1, -0.05) is 11.6 Å². The largest absolute Gasteiger partial charge is 0.489 e. The molecular weight excluding hydrogens is 366 g/mol. The smallest absolute Gasteiger partial charge is 0.255 e. The van der Waals surface area contributed by atoms with Gasteiger partial charge < -0.3 is 19.9 Å². The highest BCUT2D eigenvalue weighted by molar-refractivity contribution is 6.31. The Hall–Kier alpha value is -1.79. The van der Waals surface area contributed by atoms with Crippen LogP contribution in [0.15, 0.2) is 18.2 Å². The number of hydrogen-bond acceptors (Lipinski definition) is 4. The highest BCUT2D eigenvalue weighted by atomic mass is 35.5. The second kappa shape index (κ2) is 9.42. The summed E-state index contributed by atoms with van der Waals surface area (Å²) >= 11 is 6.11. The molecule has 1 aromatic carbocycles. The van der Waals surface area contributed by atoms with Crippen LogP contribution >= 0.6 is 11.6 Å². The van der Waals surface area contributed by atoms with Gasteiger partial charge >= 0.3 is 0 Å². The Kier molecular flexibility index (Phi) is 6.96. The third-order valence-corrected chi connectivity index (χ3v) is 5.51. The van der Waals surface area contributed by atoms with Gasteiger partial charge in [0, 0.05) is 51.0 Å². The topological polar surface area (TPSA) is 61.9 Å². The molecule has 2 fully saturated rings. The first-order valence-electron chi connectivity index (χ1n) is 9.75. The zero-order valence-corrected chi connectivity index (χ0v) is 16.6. The maximum Gasteiger partial charge on any atom is 0.255 e. The SMILES string of the molecule is CC(=O)N1CCC(Oc2ccc(Cl)cc2C(=O)NCCN2CCCC2)CC1. The summed E-state index contributed by atoms with van der Waals surface area (Å²) in [7, 11) is 0. The predicted molar refractivity (Wildman–Crippen MR) is 105 cm³/mol. The van der Waals surface area contributed by atoms with Gasteiger partial charge in [0.1, 0.15) is 11.9 Å². The van der Waals surface area contributed by atoms with Crippen molar-refractivity contribution in [3.8, 4) is 5.75 Å². The molecule has 1 aromatic rings. The number of halogens is 1. The summed E-state index contributed by atoms with van der Waals surface area (Å²) in [6.45, 7) is 6.66. The lowest BCUT2D eigenvalue weighted by molar-refractivity contribution is -0.130. The van der Waals surface area contributed by atoms with Crippen LogP contribution in [0.4, 0.5) is 0 Å². The standard InChI is InChI=1S/C20H28ClN3O3/c1-15(25)24-11-6-17(7-12-24)27-19-5-4-16(21)14-18(19)20(26)22-8-13-23-9-2-3-10-23/h4-5,14,17H,2-3,6-13H2,1H3,(H,22,26). The Morgan fingerprint density at radius 3 is 2.56 bits per heavy atom. The first-order chi connectivity index (χ1) is 13.0. The molecule has 0 radical (unpaired) electrons. The molecule has 2 heterocycles. The van der Waals surface area contributed by atoms with E-state index in [9.17, 15) is 9.59 Å². The van der Waals surface area contributed by atoms with Crippen LogP contribution in [0.3, 0.4) is 0 Å². The lowest BCUT2D eigenvalue weighted by atomic mass is 10.1. The minimum atomic E-state index is -0.159. The van der Waals surface area contributed by atoms with Crippen molar-refractivity contribution >= 4 is 23.4 Å². The van der Waals surface area contributed by atoms with E-state index in [4.69, 9.17) is 16.3 Å². The number of hydrogen-bond donors (Lipinski definition) is 1. The van der Waals surface area contributed by atoms with Gasteiger partial charge in [0.25, 0.3) is 5.91 Å². The maximum absolute atomic E-state index is 12.7. The van der Waals surface area contributed by atoms with Crippen LogP contribution in [0.1, 0.15) is 43.0 Å². The van der Waals surface area contributed by atoms with Crippen molar-refractivity contribution in [1.29, 1.82) is 0 Å². The number of benzene rings is 1. The van der Waals surface area contributed by atoms with Crippen molar-refractivity contribution in [3.63, 3.8) is 0 Å². The van der Waals surface area contributed by atoms with Gasteiger partial charge in [0.05, 0.1) is 5.56 Å². The molecule has 27 heavy (non-hydrogen) atoms. The molecule has 0 atom stereocenters. The molecule has 7 heteroatoms. The van der Waals surface area contributed by atoms with Gasteiger partial charge in [-0.2, -0.15) is 0 Å². The van der Waals surface area contributed by atoms with Crippen molar-refractivity contribution < 1.29 is 14.3 Å². The molecule has 0 aliphatic carbocycles. The third-order valence-electron chi connectivity index (χ3n) is 5.28. The number of nitrogens with one attached hydrogen (secondary N) is 1. The van der Waals surface area contributed by atoms with Gasteiger partial charge in [-0.15, -0.1) is 0 Å². The number of nitrogens with zero attached hydrogens (tertiary/aromatic N) is 2. The summed E-state index contributed by atoms with van der Waals surface area (Å²) < 4.78 is 6.10. The Bertz CT molecular complexity index is 668. The molecule has 2 aliphatic rings. The monoisotopic (exact) mass is 393 g/mol. The zero-order valence-electron chi connectivity index (χ0n) is 15.9. The Labute approximate surface area is 165 Å². The van der Waals surface area contributed by atoms with Gasteiger partial charge in [-0.25, -0.2) is 0 Å². The summed E-state index contributed by atoms with van der Waals surface area (Å²) in [4.78, 5) is 28.3. The first kappa shape index (κ1) is 20.0. The van der Waals surface area contributed by atoms with Crippen molar-refractivity contribution in [2.75, 3.05) is 39.3 Å². The summed E-state index contributed by atoms with van der Waals surface area (Å²) in [5.74, 6) is 0.491. The third kappa shape index (κ3) is 5.59. The molecule has 0 bridgehead atoms. The molecule has 0 aromatic heterocycles. The molecule has 0 unspecified atom stereocenters. The number of amides is 2. The molecule has 2 aliphatic heterocycles. The van der Waals surface area contributed by atoms with Crippen LogP contribution in [-0.4, -0.2) is 67.0 Å². The first-order valence-corrected chi connectivity index (χ1v) is 10.1. The molecule has 148 valence electrons. The van der Waals surface area contributed by atoms with Crippen molar-refractivity contribution in [2.24, 2.45) is 0 Å². The van der Waals surface area contributed by atoms with Crippen molar-refractivity contribution in [3.05, 3.63) is 28.8 Å². The molecular formula is C20H28ClN3O3. The van der Waals surface area contributed by atoms with Gasteiger partial charge in [0.2, 0.25) is 5.91 Å². The van der Waals surface area contributed by atoms with Crippen LogP contribution in [-0.2, 0) is 4.79 Å². The van der Waals surface area contributed by atoms with Crippen LogP contribution in [0, 0.1) is 0 Å². The van der Waals surface area contributed by atoms with Crippen LogP contribution < -0.4 is 10.1 Å². The van der Waals surface area contributed by atoms with E-state index in [2.05, 4.69) is 10.2 Å². The second-order valence-electron chi connectivity index (χ2n) is 7.27. The van der Waals surface area contributed by atoms with Gasteiger partial charge in [-0.3, -0.25) is 9.59 Å². The van der Waals surface area contributed by atoms with Gasteiger partial charge in [0.15, 0.2) is 0 Å². The van der Waals surface area contributed by atoms with Crippen molar-refractivity contribution in [1.82, 2.24) is 15.1 Å². The van der Waals surface area contributed by atoms with E-state index in [-0.39, 0.29) is 17.9 Å². The Morgan fingerprint density at radius 1 is 1.19 bits per heavy atom. The summed E-state index contributed by atoms with van der Waals surface area (Å²) in [6.07, 6.45) is 4.00. The molecule has 0 spiro atoms. The number of carbonyl (C=O) groups is 2. The minimum absolute atomic E-state index is 0.00192. The number of piperidine rings is 1. The van der Waals surface area contributed by atoms with Crippen LogP contribution in [0.5, 0.6) is 5.75 Å². The quantitative estimate of drug-likeness (QED) is 0.806. The summed E-state index contributed by atoms with van der Waals surface area (Å²) in [6, 6.07) is 5.16. The van der Waals surface area contributed by atoms with Crippen LogP contribution in [0.25, 0.3) is 0 Å². The second-order valence-corrected chi connectivity index (χ2v) is 7.70. The number of rotatable bonds is 6. The zero-order chi connectivity index (χ0) is 19.2. The Morgan fingerprint density at radius 2 is 1.89 bits per heavy atom. The summed E-state index contributed by atoms with van der Waals surface area (Å²) in [5, 5.41) is 3.49. The molecule has 6 nitrogen and oxygen atoms in total. The van der Waals surface area contributed by atoms with E-state index >= 15 is 0 Å². The molecule has 0 saturated carbocycles. The molecule has 2 amide bonds. The van der Waals surface area contributed by atoms with Crippen molar-refractivity contribution in [2.45, 2.75) is 38.7 Å². The van der Waals surface area contributed by atoms with E-state index in [0.29, 0.717) is 36.0 Å². The van der Waals surface area contributed by atoms with E-state index in [1.807, 2.05) is 4.90 Å². The lowest BCUT2D eigenvalue weighted by Gasteiger charge is -2.31. The van der Waals surface area contributed by atoms with E-state index < -0.39 is 0 Å². The van der Waals surface area contributed by atoms with Gasteiger partial charge in [-0.05, 0) is 44.1 Å². The number of likely N-dealkylation sites (tertiary alicyclic amines) is 2. The molecule has 2 saturated heterocycles. The minimum Gasteiger partial charge on any atom is -0.489 e. The maximum atomic E-state index is 12.7. The molecule has 1 N–H and O–H groups in total. The average molecular weight is 394 g/mol. The number of carbonyl (C=O) groups excluding carboxylic acids is 2. The average Bonchev–Trinajstić information content (AvgIpc) is 3.17. The van der Waals surface area contributed by atoms with E-state index in [0.717, 1.165) is 32.5 Å². The highest BCUT2D eigenvalue weighted by Gasteiger charge is 2.24. The fraction of sp³-hybridized carbons (Fsp3) is 0.600. The highest BCUT2D eigenvalue weighted by Crippen LogP contribution is 2.26. The van der Waals surface area contributed by atoms with Crippen LogP contribution in [0.2, 0.25) is 5.02 Å². The van der Waals surface area contributed by atoms with E-state index in [1.165, 1.54) is 12.8 Å². The predicted octanol–water partition coefficient (Wildman–Crippen LogP) is 2.56. The van der Waals surface area contributed by atoms with E-state index in [1.54, 1.807) is 25.1 Å². The summed E-state index contributed by atoms with van der Waals surface area (Å²) in [5.41, 5.74) is 0.470. The Balaban J connectivity index is 1.57. The fourth-order valence-electron chi connectivity index (χ4n) is 3.68. The normalized spacial score (nSPS) is 18.5.